The van der Waals surface area contributed by atoms with Crippen molar-refractivity contribution in [1.29, 1.82) is 0 Å². The number of carbonyl (C=O) groups excluding carboxylic acids is 2. The Morgan fingerprint density at radius 2 is 1.83 bits per heavy atom. The molecule has 0 saturated carbocycles. The van der Waals surface area contributed by atoms with E-state index in [1.165, 1.54) is 7.05 Å². The Hall–Kier alpha value is -1.47. The molecule has 0 aliphatic carbocycles. The molecule has 18 heavy (non-hydrogen) atoms. The summed E-state index contributed by atoms with van der Waals surface area (Å²) in [7, 11) is 1.29. The van der Waals surface area contributed by atoms with Crippen molar-refractivity contribution in [1.82, 2.24) is 15.1 Å². The number of alkyl halides is 3. The number of nitrogens with one attached hydrogen (secondary N) is 1. The van der Waals surface area contributed by atoms with Crippen molar-refractivity contribution in [3.05, 3.63) is 0 Å². The molecular formula is C10H16F3N3O2. The summed E-state index contributed by atoms with van der Waals surface area (Å²) in [6.07, 6.45) is -2.60. The smallest absolute Gasteiger partial charge is 0.341 e. The molecule has 3 amide bonds. The van der Waals surface area contributed by atoms with Crippen LogP contribution in [0.5, 0.6) is 0 Å². The van der Waals surface area contributed by atoms with Gasteiger partial charge in [0.1, 0.15) is 13.1 Å². The lowest BCUT2D eigenvalue weighted by molar-refractivity contribution is -0.130. The second-order valence-corrected chi connectivity index (χ2v) is 4.22. The van der Waals surface area contributed by atoms with Crippen LogP contribution in [0.1, 0.15) is 12.8 Å². The molecule has 1 fully saturated rings. The van der Waals surface area contributed by atoms with Crippen LogP contribution in [0, 0.1) is 0 Å². The van der Waals surface area contributed by atoms with Gasteiger partial charge in [0.2, 0.25) is 5.91 Å². The van der Waals surface area contributed by atoms with Crippen LogP contribution >= 0.6 is 0 Å². The molecule has 8 heteroatoms. The van der Waals surface area contributed by atoms with E-state index in [0.29, 0.717) is 13.1 Å². The van der Waals surface area contributed by atoms with Crippen LogP contribution in [0.3, 0.4) is 0 Å². The number of nitrogens with zero attached hydrogens (tertiary/aromatic N) is 2. The molecule has 5 nitrogen and oxygen atoms in total. The largest absolute Gasteiger partial charge is 0.405 e. The number of rotatable bonds is 3. The van der Waals surface area contributed by atoms with E-state index in [0.717, 1.165) is 17.7 Å². The number of halogens is 3. The van der Waals surface area contributed by atoms with Crippen LogP contribution in [-0.4, -0.2) is 61.1 Å². The van der Waals surface area contributed by atoms with E-state index in [1.807, 2.05) is 0 Å². The summed E-state index contributed by atoms with van der Waals surface area (Å²) in [4.78, 5) is 25.5. The molecule has 0 radical (unpaired) electrons. The van der Waals surface area contributed by atoms with Crippen molar-refractivity contribution in [3.8, 4) is 0 Å². The van der Waals surface area contributed by atoms with Crippen molar-refractivity contribution in [2.24, 2.45) is 0 Å². The number of urea groups is 1. The first-order valence-corrected chi connectivity index (χ1v) is 5.63. The third kappa shape index (κ3) is 4.80. The number of carbonyl (C=O) groups is 2. The second-order valence-electron chi connectivity index (χ2n) is 4.22. The highest BCUT2D eigenvalue weighted by atomic mass is 19.4. The van der Waals surface area contributed by atoms with Crippen LogP contribution in [-0.2, 0) is 4.79 Å². The Kier molecular flexibility index (Phi) is 4.80. The summed E-state index contributed by atoms with van der Waals surface area (Å²) in [6.45, 7) is -0.300. The van der Waals surface area contributed by atoms with Crippen LogP contribution < -0.4 is 5.32 Å². The van der Waals surface area contributed by atoms with Gasteiger partial charge in [-0.05, 0) is 12.8 Å². The zero-order chi connectivity index (χ0) is 13.8. The van der Waals surface area contributed by atoms with Crippen LogP contribution in [0.2, 0.25) is 0 Å². The Bertz CT molecular complexity index is 314. The Morgan fingerprint density at radius 1 is 1.28 bits per heavy atom. The first-order chi connectivity index (χ1) is 8.29. The maximum Gasteiger partial charge on any atom is 0.405 e. The standard InChI is InChI=1S/C10H16F3N3O2/c1-15(9(18)14-7-10(11,12)13)6-8(17)16-4-2-3-5-16/h2-7H2,1H3,(H,14,18). The Balaban J connectivity index is 2.32. The molecular weight excluding hydrogens is 251 g/mol. The van der Waals surface area contributed by atoms with Crippen molar-refractivity contribution >= 4 is 11.9 Å². The second kappa shape index (κ2) is 5.92. The Morgan fingerprint density at radius 3 is 2.33 bits per heavy atom. The number of amides is 3. The van der Waals surface area contributed by atoms with Crippen LogP contribution in [0.25, 0.3) is 0 Å². The van der Waals surface area contributed by atoms with Gasteiger partial charge in [0, 0.05) is 20.1 Å². The van der Waals surface area contributed by atoms with E-state index in [2.05, 4.69) is 0 Å². The van der Waals surface area contributed by atoms with Gasteiger partial charge in [0.15, 0.2) is 0 Å². The summed E-state index contributed by atoms with van der Waals surface area (Å²) >= 11 is 0. The SMILES string of the molecule is CN(CC(=O)N1CCCC1)C(=O)NCC(F)(F)F. The van der Waals surface area contributed by atoms with Gasteiger partial charge in [0.05, 0.1) is 0 Å². The predicted octanol–water partition coefficient (Wildman–Crippen LogP) is 0.812. The van der Waals surface area contributed by atoms with E-state index >= 15 is 0 Å². The van der Waals surface area contributed by atoms with Gasteiger partial charge in [-0.15, -0.1) is 0 Å². The van der Waals surface area contributed by atoms with Gasteiger partial charge in [0.25, 0.3) is 0 Å². The van der Waals surface area contributed by atoms with E-state index in [-0.39, 0.29) is 12.5 Å². The fourth-order valence-corrected chi connectivity index (χ4v) is 1.65. The quantitative estimate of drug-likeness (QED) is 0.822. The third-order valence-corrected chi connectivity index (χ3v) is 2.62. The molecule has 0 spiro atoms. The van der Waals surface area contributed by atoms with Crippen LogP contribution in [0.15, 0.2) is 0 Å². The normalized spacial score (nSPS) is 15.7. The molecule has 1 N–H and O–H groups in total. The summed E-state index contributed by atoms with van der Waals surface area (Å²) in [5, 5.41) is 1.71. The molecule has 0 aromatic carbocycles. The fourth-order valence-electron chi connectivity index (χ4n) is 1.65. The highest BCUT2D eigenvalue weighted by Gasteiger charge is 2.29. The summed E-state index contributed by atoms with van der Waals surface area (Å²) < 4.78 is 35.6. The molecule has 0 atom stereocenters. The van der Waals surface area contributed by atoms with Crippen molar-refractivity contribution in [3.63, 3.8) is 0 Å². The number of likely N-dealkylation sites (tertiary alicyclic amines) is 1. The molecule has 0 bridgehead atoms. The number of hydrogen-bond donors (Lipinski definition) is 1. The molecule has 1 saturated heterocycles. The summed E-state index contributed by atoms with van der Waals surface area (Å²) in [5.74, 6) is -0.239. The average Bonchev–Trinajstić information content (AvgIpc) is 2.77. The zero-order valence-corrected chi connectivity index (χ0v) is 10.1. The monoisotopic (exact) mass is 267 g/mol. The van der Waals surface area contributed by atoms with Gasteiger partial charge in [-0.1, -0.05) is 0 Å². The van der Waals surface area contributed by atoms with E-state index in [9.17, 15) is 22.8 Å². The molecule has 1 aliphatic rings. The van der Waals surface area contributed by atoms with Gasteiger partial charge in [-0.25, -0.2) is 4.79 Å². The van der Waals surface area contributed by atoms with Crippen LogP contribution in [0.4, 0.5) is 18.0 Å². The minimum absolute atomic E-state index is 0.205. The van der Waals surface area contributed by atoms with Gasteiger partial charge in [-0.2, -0.15) is 13.2 Å². The van der Waals surface area contributed by atoms with E-state index < -0.39 is 18.8 Å². The van der Waals surface area contributed by atoms with Gasteiger partial charge in [-0.3, -0.25) is 4.79 Å². The maximum atomic E-state index is 11.9. The molecule has 1 aliphatic heterocycles. The van der Waals surface area contributed by atoms with E-state index in [1.54, 1.807) is 10.2 Å². The van der Waals surface area contributed by atoms with Crippen molar-refractivity contribution < 1.29 is 22.8 Å². The first kappa shape index (κ1) is 14.6. The molecule has 0 aromatic heterocycles. The minimum Gasteiger partial charge on any atom is -0.341 e. The van der Waals surface area contributed by atoms with Crippen molar-refractivity contribution in [2.45, 2.75) is 19.0 Å². The summed E-state index contributed by atoms with van der Waals surface area (Å²) in [5.41, 5.74) is 0. The lowest BCUT2D eigenvalue weighted by Gasteiger charge is -2.21. The number of hydrogen-bond acceptors (Lipinski definition) is 2. The lowest BCUT2D eigenvalue weighted by atomic mass is 10.4. The third-order valence-electron chi connectivity index (χ3n) is 2.62. The van der Waals surface area contributed by atoms with Gasteiger partial charge >= 0.3 is 12.2 Å². The zero-order valence-electron chi connectivity index (χ0n) is 10.1. The highest BCUT2D eigenvalue weighted by Crippen LogP contribution is 2.12. The predicted molar refractivity (Wildman–Crippen MR) is 57.9 cm³/mol. The first-order valence-electron chi connectivity index (χ1n) is 5.63. The molecule has 104 valence electrons. The Labute approximate surface area is 103 Å². The lowest BCUT2D eigenvalue weighted by Crippen LogP contribution is -2.46. The molecule has 0 unspecified atom stereocenters. The van der Waals surface area contributed by atoms with Gasteiger partial charge < -0.3 is 15.1 Å². The maximum absolute atomic E-state index is 11.9. The average molecular weight is 267 g/mol. The number of likely N-dealkylation sites (N-methyl/N-ethyl adjacent to an activating group) is 1. The van der Waals surface area contributed by atoms with E-state index in [4.69, 9.17) is 0 Å². The molecule has 0 aromatic rings. The molecule has 1 heterocycles. The molecule has 1 rings (SSSR count). The topological polar surface area (TPSA) is 52.7 Å². The van der Waals surface area contributed by atoms with Crippen molar-refractivity contribution in [2.75, 3.05) is 33.2 Å². The minimum atomic E-state index is -4.45. The fraction of sp³-hybridized carbons (Fsp3) is 0.800. The summed E-state index contributed by atoms with van der Waals surface area (Å²) in [6, 6.07) is -0.903. The highest BCUT2D eigenvalue weighted by molar-refractivity contribution is 5.84.